The van der Waals surface area contributed by atoms with E-state index in [0.29, 0.717) is 6.04 Å². The number of morpholine rings is 1. The van der Waals surface area contributed by atoms with E-state index in [1.165, 1.54) is 5.69 Å². The molecule has 3 rings (SSSR count). The molecule has 2 heterocycles. The molecule has 2 aliphatic rings. The van der Waals surface area contributed by atoms with E-state index < -0.39 is 0 Å². The van der Waals surface area contributed by atoms with Gasteiger partial charge < -0.3 is 20.3 Å². The highest BCUT2D eigenvalue weighted by Crippen LogP contribution is 2.21. The molecule has 0 amide bonds. The molecule has 0 aromatic heterocycles. The Kier molecular flexibility index (Phi) is 6.83. The maximum absolute atomic E-state index is 5.89. The molecule has 0 aliphatic carbocycles. The number of benzene rings is 1. The first kappa shape index (κ1) is 20.9. The molecule has 2 saturated heterocycles. The fourth-order valence-corrected chi connectivity index (χ4v) is 4.22. The fraction of sp³-hybridized carbons (Fsp3) is 0.682. The van der Waals surface area contributed by atoms with E-state index >= 15 is 0 Å². The molecule has 2 fully saturated rings. The third-order valence-electron chi connectivity index (χ3n) is 5.84. The highest BCUT2D eigenvalue weighted by molar-refractivity contribution is 5.80. The lowest BCUT2D eigenvalue weighted by Gasteiger charge is -2.45. The lowest BCUT2D eigenvalue weighted by molar-refractivity contribution is -0.0946. The zero-order chi connectivity index (χ0) is 20.1. The molecule has 2 N–H and O–H groups in total. The lowest BCUT2D eigenvalue weighted by atomic mass is 10.00. The van der Waals surface area contributed by atoms with Crippen molar-refractivity contribution in [3.63, 3.8) is 0 Å². The number of ether oxygens (including phenoxy) is 1. The van der Waals surface area contributed by atoms with Crippen LogP contribution in [0.5, 0.6) is 0 Å². The Hall–Kier alpha value is -1.79. The van der Waals surface area contributed by atoms with Crippen LogP contribution in [-0.2, 0) is 4.74 Å². The van der Waals surface area contributed by atoms with Crippen molar-refractivity contribution in [2.75, 3.05) is 44.7 Å². The summed E-state index contributed by atoms with van der Waals surface area (Å²) in [6.07, 6.45) is 1.68. The maximum atomic E-state index is 5.89. The van der Waals surface area contributed by atoms with Gasteiger partial charge in [-0.25, -0.2) is 0 Å². The molecule has 0 bridgehead atoms. The molecule has 6 nitrogen and oxygen atoms in total. The van der Waals surface area contributed by atoms with Gasteiger partial charge in [-0.3, -0.25) is 9.89 Å². The topological polar surface area (TPSA) is 52.1 Å². The van der Waals surface area contributed by atoms with Gasteiger partial charge in [0.15, 0.2) is 5.96 Å². The Morgan fingerprint density at radius 2 is 1.82 bits per heavy atom. The summed E-state index contributed by atoms with van der Waals surface area (Å²) in [6.45, 7) is 13.8. The summed E-state index contributed by atoms with van der Waals surface area (Å²) in [5.74, 6) is 0.891. The second-order valence-electron chi connectivity index (χ2n) is 8.81. The molecule has 6 heteroatoms. The van der Waals surface area contributed by atoms with Crippen molar-refractivity contribution in [3.8, 4) is 0 Å². The third kappa shape index (κ3) is 5.39. The number of guanidine groups is 1. The maximum Gasteiger partial charge on any atom is 0.191 e. The Morgan fingerprint density at radius 3 is 2.46 bits per heavy atom. The van der Waals surface area contributed by atoms with Gasteiger partial charge >= 0.3 is 0 Å². The number of anilines is 1. The van der Waals surface area contributed by atoms with E-state index in [1.54, 1.807) is 0 Å². The van der Waals surface area contributed by atoms with Crippen LogP contribution in [0.15, 0.2) is 35.3 Å². The molecule has 3 unspecified atom stereocenters. The summed E-state index contributed by atoms with van der Waals surface area (Å²) in [7, 11) is 1.85. The van der Waals surface area contributed by atoms with Gasteiger partial charge in [0.1, 0.15) is 0 Å². The molecular formula is C22H37N5O. The zero-order valence-corrected chi connectivity index (χ0v) is 18.1. The van der Waals surface area contributed by atoms with E-state index in [9.17, 15) is 0 Å². The molecule has 0 saturated carbocycles. The van der Waals surface area contributed by atoms with Gasteiger partial charge in [0.25, 0.3) is 0 Å². The number of rotatable bonds is 5. The number of nitrogens with zero attached hydrogens (tertiary/aromatic N) is 3. The first-order chi connectivity index (χ1) is 13.4. The summed E-state index contributed by atoms with van der Waals surface area (Å²) in [4.78, 5) is 9.42. The first-order valence-corrected chi connectivity index (χ1v) is 10.5. The van der Waals surface area contributed by atoms with Crippen LogP contribution < -0.4 is 15.5 Å². The fourth-order valence-electron chi connectivity index (χ4n) is 4.22. The van der Waals surface area contributed by atoms with E-state index in [-0.39, 0.29) is 17.7 Å². The van der Waals surface area contributed by atoms with Crippen LogP contribution in [0, 0.1) is 0 Å². The van der Waals surface area contributed by atoms with Gasteiger partial charge in [-0.05, 0) is 46.2 Å². The van der Waals surface area contributed by atoms with Crippen molar-refractivity contribution >= 4 is 11.6 Å². The Balaban J connectivity index is 1.49. The van der Waals surface area contributed by atoms with E-state index in [1.807, 2.05) is 7.05 Å². The normalized spacial score (nSPS) is 27.1. The van der Waals surface area contributed by atoms with Gasteiger partial charge in [0, 0.05) is 57.0 Å². The summed E-state index contributed by atoms with van der Waals surface area (Å²) in [5, 5.41) is 7.17. The summed E-state index contributed by atoms with van der Waals surface area (Å²) in [5.41, 5.74) is 1.33. The van der Waals surface area contributed by atoms with E-state index in [0.717, 1.165) is 45.1 Å². The average Bonchev–Trinajstić information content (AvgIpc) is 3.13. The second kappa shape index (κ2) is 9.14. The van der Waals surface area contributed by atoms with Crippen LogP contribution >= 0.6 is 0 Å². The molecule has 0 spiro atoms. The monoisotopic (exact) mass is 387 g/mol. The van der Waals surface area contributed by atoms with Crippen molar-refractivity contribution in [2.45, 2.75) is 57.9 Å². The largest absolute Gasteiger partial charge is 0.373 e. The van der Waals surface area contributed by atoms with Gasteiger partial charge in [-0.2, -0.15) is 0 Å². The Morgan fingerprint density at radius 1 is 1.14 bits per heavy atom. The minimum atomic E-state index is 0.0374. The predicted octanol–water partition coefficient (Wildman–Crippen LogP) is 2.32. The summed E-state index contributed by atoms with van der Waals surface area (Å²) >= 11 is 0. The molecule has 2 aliphatic heterocycles. The Bertz CT molecular complexity index is 638. The number of aliphatic imine (C=N–C) groups is 1. The quantitative estimate of drug-likeness (QED) is 0.600. The van der Waals surface area contributed by atoms with Gasteiger partial charge in [0.2, 0.25) is 0 Å². The molecule has 0 radical (unpaired) electrons. The number of para-hydroxylation sites is 1. The highest BCUT2D eigenvalue weighted by atomic mass is 16.5. The smallest absolute Gasteiger partial charge is 0.191 e. The number of hydrogen-bond acceptors (Lipinski definition) is 4. The average molecular weight is 388 g/mol. The standard InChI is InChI=1S/C22H37N5O/c1-17-13-27(14-18(2)28-17)22(3,4)16-24-21(23-5)25-19-11-12-26(15-19)20-9-7-6-8-10-20/h6-10,17-19H,11-16H2,1-5H3,(H2,23,24,25). The van der Waals surface area contributed by atoms with Crippen LogP contribution in [0.2, 0.25) is 0 Å². The second-order valence-corrected chi connectivity index (χ2v) is 8.81. The lowest BCUT2D eigenvalue weighted by Crippen LogP contribution is -2.59. The van der Waals surface area contributed by atoms with Crippen molar-refractivity contribution in [3.05, 3.63) is 30.3 Å². The van der Waals surface area contributed by atoms with Crippen molar-refractivity contribution in [1.29, 1.82) is 0 Å². The Labute approximate surface area is 170 Å². The molecule has 156 valence electrons. The van der Waals surface area contributed by atoms with Crippen molar-refractivity contribution in [2.24, 2.45) is 4.99 Å². The molecular weight excluding hydrogens is 350 g/mol. The molecule has 1 aromatic rings. The summed E-state index contributed by atoms with van der Waals surface area (Å²) in [6, 6.07) is 11.1. The van der Waals surface area contributed by atoms with Crippen LogP contribution in [0.3, 0.4) is 0 Å². The minimum absolute atomic E-state index is 0.0374. The molecule has 1 aromatic carbocycles. The van der Waals surface area contributed by atoms with Crippen LogP contribution in [0.4, 0.5) is 5.69 Å². The number of hydrogen-bond donors (Lipinski definition) is 2. The van der Waals surface area contributed by atoms with Gasteiger partial charge in [0.05, 0.1) is 12.2 Å². The van der Waals surface area contributed by atoms with Crippen molar-refractivity contribution < 1.29 is 4.74 Å². The SMILES string of the molecule is CN=C(NCC(C)(C)N1CC(C)OC(C)C1)NC1CCN(c2ccccc2)C1. The first-order valence-electron chi connectivity index (χ1n) is 10.5. The predicted molar refractivity (Wildman–Crippen MR) is 117 cm³/mol. The minimum Gasteiger partial charge on any atom is -0.373 e. The van der Waals surface area contributed by atoms with Crippen LogP contribution in [0.25, 0.3) is 0 Å². The van der Waals surface area contributed by atoms with E-state index in [2.05, 4.69) is 83.5 Å². The highest BCUT2D eigenvalue weighted by Gasteiger charge is 2.33. The molecule has 3 atom stereocenters. The zero-order valence-electron chi connectivity index (χ0n) is 18.1. The van der Waals surface area contributed by atoms with Gasteiger partial charge in [-0.15, -0.1) is 0 Å². The van der Waals surface area contributed by atoms with Crippen LogP contribution in [0.1, 0.15) is 34.1 Å². The van der Waals surface area contributed by atoms with Crippen LogP contribution in [-0.4, -0.2) is 74.4 Å². The molecule has 28 heavy (non-hydrogen) atoms. The van der Waals surface area contributed by atoms with E-state index in [4.69, 9.17) is 4.74 Å². The van der Waals surface area contributed by atoms with Gasteiger partial charge in [-0.1, -0.05) is 18.2 Å². The third-order valence-corrected chi connectivity index (χ3v) is 5.84. The number of nitrogens with one attached hydrogen (secondary N) is 2. The summed E-state index contributed by atoms with van der Waals surface area (Å²) < 4.78 is 5.89. The van der Waals surface area contributed by atoms with Crippen molar-refractivity contribution in [1.82, 2.24) is 15.5 Å².